The lowest BCUT2D eigenvalue weighted by Crippen LogP contribution is -2.11. The van der Waals surface area contributed by atoms with Gasteiger partial charge in [-0.1, -0.05) is 26.8 Å². The molecular weight excluding hydrogens is 224 g/mol. The Balaban J connectivity index is 2.56. The first-order chi connectivity index (χ1) is 8.41. The van der Waals surface area contributed by atoms with Crippen LogP contribution < -0.4 is 4.74 Å². The van der Waals surface area contributed by atoms with Crippen molar-refractivity contribution in [3.63, 3.8) is 0 Å². The fourth-order valence-corrected chi connectivity index (χ4v) is 1.94. The molecule has 2 aromatic rings. The van der Waals surface area contributed by atoms with Crippen molar-refractivity contribution in [2.45, 2.75) is 33.1 Å². The average molecular weight is 244 g/mol. The van der Waals surface area contributed by atoms with Gasteiger partial charge >= 0.3 is 0 Å². The molecule has 0 atom stereocenters. The maximum Gasteiger partial charge on any atom is 0.128 e. The van der Waals surface area contributed by atoms with Gasteiger partial charge in [0, 0.05) is 5.56 Å². The highest BCUT2D eigenvalue weighted by molar-refractivity contribution is 5.68. The second-order valence-electron chi connectivity index (χ2n) is 5.55. The van der Waals surface area contributed by atoms with E-state index in [4.69, 9.17) is 4.74 Å². The summed E-state index contributed by atoms with van der Waals surface area (Å²) in [6, 6.07) is 6.31. The van der Waals surface area contributed by atoms with Crippen molar-refractivity contribution in [3.05, 3.63) is 35.8 Å². The smallest absolute Gasteiger partial charge is 0.128 e. The summed E-state index contributed by atoms with van der Waals surface area (Å²) >= 11 is 0. The van der Waals surface area contributed by atoms with E-state index in [0.717, 1.165) is 22.8 Å². The zero-order valence-electron chi connectivity index (χ0n) is 11.7. The number of ether oxygens (including phenoxy) is 1. The van der Waals surface area contributed by atoms with Crippen molar-refractivity contribution < 1.29 is 4.74 Å². The highest BCUT2D eigenvalue weighted by Crippen LogP contribution is 2.33. The lowest BCUT2D eigenvalue weighted by atomic mass is 9.86. The molecule has 0 radical (unpaired) electrons. The summed E-state index contributed by atoms with van der Waals surface area (Å²) in [6.07, 6.45) is 1.85. The number of H-pyrrole nitrogens is 1. The largest absolute Gasteiger partial charge is 0.496 e. The summed E-state index contributed by atoms with van der Waals surface area (Å²) in [5, 5.41) is 0. The molecule has 0 aliphatic carbocycles. The predicted octanol–water partition coefficient (Wildman–Crippen LogP) is 3.69. The summed E-state index contributed by atoms with van der Waals surface area (Å²) in [4.78, 5) is 7.50. The van der Waals surface area contributed by atoms with Crippen molar-refractivity contribution in [2.24, 2.45) is 0 Å². The standard InChI is InChI=1S/C15H20N2O/c1-10-16-9-13(17-10)12-8-11(15(2,3)4)6-7-14(12)18-5/h6-9H,1-5H3,(H,16,17). The third kappa shape index (κ3) is 2.40. The number of rotatable bonds is 2. The third-order valence-electron chi connectivity index (χ3n) is 3.06. The summed E-state index contributed by atoms with van der Waals surface area (Å²) < 4.78 is 5.43. The van der Waals surface area contributed by atoms with Crippen molar-refractivity contribution in [1.29, 1.82) is 0 Å². The fraction of sp³-hybridized carbons (Fsp3) is 0.400. The highest BCUT2D eigenvalue weighted by Gasteiger charge is 2.17. The Hall–Kier alpha value is -1.77. The zero-order valence-corrected chi connectivity index (χ0v) is 11.7. The Morgan fingerprint density at radius 1 is 1.22 bits per heavy atom. The molecule has 0 amide bonds. The summed E-state index contributed by atoms with van der Waals surface area (Å²) in [6.45, 7) is 8.56. The predicted molar refractivity (Wildman–Crippen MR) is 74.0 cm³/mol. The van der Waals surface area contributed by atoms with Crippen LogP contribution in [0.1, 0.15) is 32.2 Å². The van der Waals surface area contributed by atoms with Crippen LogP contribution in [0, 0.1) is 6.92 Å². The molecule has 0 saturated carbocycles. The van der Waals surface area contributed by atoms with Gasteiger partial charge in [0.25, 0.3) is 0 Å². The molecule has 1 aromatic carbocycles. The fourth-order valence-electron chi connectivity index (χ4n) is 1.94. The molecule has 3 nitrogen and oxygen atoms in total. The molecule has 2 rings (SSSR count). The highest BCUT2D eigenvalue weighted by atomic mass is 16.5. The number of methoxy groups -OCH3 is 1. The number of hydrogen-bond acceptors (Lipinski definition) is 2. The van der Waals surface area contributed by atoms with E-state index in [9.17, 15) is 0 Å². The molecule has 18 heavy (non-hydrogen) atoms. The van der Waals surface area contributed by atoms with E-state index >= 15 is 0 Å². The van der Waals surface area contributed by atoms with Crippen LogP contribution in [-0.4, -0.2) is 17.1 Å². The Labute approximate surface area is 108 Å². The SMILES string of the molecule is COc1ccc(C(C)(C)C)cc1-c1cnc(C)[nH]1. The first kappa shape index (κ1) is 12.7. The minimum atomic E-state index is 0.121. The van der Waals surface area contributed by atoms with Gasteiger partial charge in [-0.05, 0) is 30.0 Å². The van der Waals surface area contributed by atoms with E-state index < -0.39 is 0 Å². The van der Waals surface area contributed by atoms with E-state index in [2.05, 4.69) is 42.9 Å². The molecule has 3 heteroatoms. The van der Waals surface area contributed by atoms with Gasteiger partial charge in [-0.3, -0.25) is 0 Å². The zero-order chi connectivity index (χ0) is 13.3. The van der Waals surface area contributed by atoms with Crippen LogP contribution in [0.2, 0.25) is 0 Å². The number of hydrogen-bond donors (Lipinski definition) is 1. The van der Waals surface area contributed by atoms with Crippen LogP contribution in [-0.2, 0) is 5.41 Å². The molecule has 0 bridgehead atoms. The lowest BCUT2D eigenvalue weighted by Gasteiger charge is -2.20. The van der Waals surface area contributed by atoms with Gasteiger partial charge in [-0.15, -0.1) is 0 Å². The van der Waals surface area contributed by atoms with Gasteiger partial charge in [0.1, 0.15) is 11.6 Å². The summed E-state index contributed by atoms with van der Waals surface area (Å²) in [7, 11) is 1.69. The number of aryl methyl sites for hydroxylation is 1. The molecule has 0 fully saturated rings. The van der Waals surface area contributed by atoms with Gasteiger partial charge in [-0.25, -0.2) is 4.98 Å². The first-order valence-corrected chi connectivity index (χ1v) is 6.12. The van der Waals surface area contributed by atoms with Gasteiger partial charge in [0.05, 0.1) is 19.0 Å². The third-order valence-corrected chi connectivity index (χ3v) is 3.06. The Bertz CT molecular complexity index is 550. The summed E-state index contributed by atoms with van der Waals surface area (Å²) in [5.74, 6) is 1.78. The molecule has 0 unspecified atom stereocenters. The van der Waals surface area contributed by atoms with Gasteiger partial charge in [-0.2, -0.15) is 0 Å². The van der Waals surface area contributed by atoms with Crippen molar-refractivity contribution in [1.82, 2.24) is 9.97 Å². The van der Waals surface area contributed by atoms with Gasteiger partial charge < -0.3 is 9.72 Å². The van der Waals surface area contributed by atoms with E-state index in [0.29, 0.717) is 0 Å². The number of aromatic nitrogens is 2. The van der Waals surface area contributed by atoms with Gasteiger partial charge in [0.15, 0.2) is 0 Å². The number of nitrogens with one attached hydrogen (secondary N) is 1. The quantitative estimate of drug-likeness (QED) is 0.874. The Morgan fingerprint density at radius 3 is 2.44 bits per heavy atom. The number of aromatic amines is 1. The number of benzene rings is 1. The van der Waals surface area contributed by atoms with Crippen LogP contribution in [0.15, 0.2) is 24.4 Å². The topological polar surface area (TPSA) is 37.9 Å². The van der Waals surface area contributed by atoms with E-state index in [-0.39, 0.29) is 5.41 Å². The molecule has 1 aromatic heterocycles. The molecule has 0 saturated heterocycles. The second-order valence-corrected chi connectivity index (χ2v) is 5.55. The molecule has 0 aliphatic rings. The van der Waals surface area contributed by atoms with Crippen LogP contribution in [0.25, 0.3) is 11.3 Å². The Morgan fingerprint density at radius 2 is 1.94 bits per heavy atom. The molecule has 0 spiro atoms. The lowest BCUT2D eigenvalue weighted by molar-refractivity contribution is 0.415. The Kier molecular flexibility index (Phi) is 3.16. The average Bonchev–Trinajstić information content (AvgIpc) is 2.73. The second kappa shape index (κ2) is 4.48. The minimum Gasteiger partial charge on any atom is -0.496 e. The first-order valence-electron chi connectivity index (χ1n) is 6.12. The minimum absolute atomic E-state index is 0.121. The van der Waals surface area contributed by atoms with Crippen molar-refractivity contribution in [3.8, 4) is 17.0 Å². The maximum atomic E-state index is 5.43. The molecule has 1 N–H and O–H groups in total. The normalized spacial score (nSPS) is 11.6. The summed E-state index contributed by atoms with van der Waals surface area (Å²) in [5.41, 5.74) is 3.46. The van der Waals surface area contributed by atoms with Crippen LogP contribution in [0.5, 0.6) is 5.75 Å². The van der Waals surface area contributed by atoms with E-state index in [1.807, 2.05) is 19.2 Å². The van der Waals surface area contributed by atoms with Crippen LogP contribution in [0.3, 0.4) is 0 Å². The van der Waals surface area contributed by atoms with E-state index in [1.165, 1.54) is 5.56 Å². The van der Waals surface area contributed by atoms with Crippen molar-refractivity contribution in [2.75, 3.05) is 7.11 Å². The van der Waals surface area contributed by atoms with Gasteiger partial charge in [0.2, 0.25) is 0 Å². The van der Waals surface area contributed by atoms with Crippen molar-refractivity contribution >= 4 is 0 Å². The van der Waals surface area contributed by atoms with Crippen LogP contribution >= 0.6 is 0 Å². The molecule has 0 aliphatic heterocycles. The maximum absolute atomic E-state index is 5.43. The molecular formula is C15H20N2O. The number of nitrogens with zero attached hydrogens (tertiary/aromatic N) is 1. The molecule has 1 heterocycles. The monoisotopic (exact) mass is 244 g/mol. The number of imidazole rings is 1. The van der Waals surface area contributed by atoms with Crippen LogP contribution in [0.4, 0.5) is 0 Å². The molecule has 96 valence electrons. The van der Waals surface area contributed by atoms with E-state index in [1.54, 1.807) is 7.11 Å².